The number of anilines is 1. The number of nitrogens with two attached hydrogens (primary N) is 2. The van der Waals surface area contributed by atoms with E-state index in [-0.39, 0.29) is 15.9 Å². The third-order valence-electron chi connectivity index (χ3n) is 2.81. The van der Waals surface area contributed by atoms with Crippen LogP contribution in [0.2, 0.25) is 0 Å². The molecule has 11 heteroatoms. The van der Waals surface area contributed by atoms with Crippen LogP contribution in [0.15, 0.2) is 57.1 Å². The van der Waals surface area contributed by atoms with Crippen molar-refractivity contribution in [3.05, 3.63) is 52.7 Å². The number of sulfonamides is 1. The number of amides is 1. The molecule has 0 bridgehead atoms. The Morgan fingerprint density at radius 1 is 1.19 bits per heavy atom. The molecule has 1 amide bonds. The lowest BCUT2D eigenvalue weighted by Gasteiger charge is -2.08. The van der Waals surface area contributed by atoms with Gasteiger partial charge in [0.1, 0.15) is 0 Å². The van der Waals surface area contributed by atoms with Gasteiger partial charge in [-0.2, -0.15) is 8.42 Å². The molecular formula is C15H15N5O3S3. The third kappa shape index (κ3) is 5.95. The second-order valence-corrected chi connectivity index (χ2v) is 7.80. The van der Waals surface area contributed by atoms with Crippen LogP contribution in [0.4, 0.5) is 5.69 Å². The molecule has 8 nitrogen and oxygen atoms in total. The zero-order valence-electron chi connectivity index (χ0n) is 13.2. The van der Waals surface area contributed by atoms with E-state index in [0.29, 0.717) is 5.69 Å². The van der Waals surface area contributed by atoms with Crippen molar-refractivity contribution in [1.82, 2.24) is 5.32 Å². The van der Waals surface area contributed by atoms with Gasteiger partial charge in [0.15, 0.2) is 5.11 Å². The molecule has 1 aromatic carbocycles. The zero-order valence-corrected chi connectivity index (χ0v) is 15.7. The van der Waals surface area contributed by atoms with E-state index in [9.17, 15) is 13.2 Å². The van der Waals surface area contributed by atoms with Crippen molar-refractivity contribution < 1.29 is 13.2 Å². The van der Waals surface area contributed by atoms with Crippen LogP contribution >= 0.6 is 23.6 Å². The molecule has 6 N–H and O–H groups in total. The van der Waals surface area contributed by atoms with Crippen molar-refractivity contribution in [2.45, 2.75) is 4.90 Å². The van der Waals surface area contributed by atoms with E-state index < -0.39 is 16.0 Å². The Morgan fingerprint density at radius 2 is 1.88 bits per heavy atom. The van der Waals surface area contributed by atoms with Crippen LogP contribution in [-0.2, 0) is 14.8 Å². The van der Waals surface area contributed by atoms with Crippen molar-refractivity contribution in [2.24, 2.45) is 15.9 Å². The fourth-order valence-corrected chi connectivity index (χ4v) is 3.46. The molecule has 0 spiro atoms. The Kier molecular flexibility index (Phi) is 6.44. The molecule has 0 aliphatic rings. The number of thiocarbonyl (C=S) groups is 1. The average Bonchev–Trinajstić information content (AvgIpc) is 3.05. The van der Waals surface area contributed by atoms with Crippen LogP contribution in [0.1, 0.15) is 4.88 Å². The molecule has 0 saturated carbocycles. The first-order valence-corrected chi connectivity index (χ1v) is 9.78. The van der Waals surface area contributed by atoms with Gasteiger partial charge < -0.3 is 16.8 Å². The summed E-state index contributed by atoms with van der Waals surface area (Å²) >= 11 is 6.55. The monoisotopic (exact) mass is 409 g/mol. The number of carbonyl (C=O) groups excluding carboxylic acids is 1. The second-order valence-electron chi connectivity index (χ2n) is 4.81. The SMILES string of the molecule is NC(N)=NS(=O)(=O)c1ccc(NC(=S)NC(=O)/C=C/c2cccs2)cc1. The standard InChI is InChI=1S/C15H15N5O3S3/c16-14(17)20-26(22,23)12-6-3-10(4-7-12)18-15(24)19-13(21)8-5-11-2-1-9-25-11/h1-9H,(H4,16,17,20)(H2,18,19,21,24)/b8-5+. The second kappa shape index (κ2) is 8.56. The van der Waals surface area contributed by atoms with Gasteiger partial charge in [0.25, 0.3) is 10.0 Å². The maximum absolute atomic E-state index is 11.8. The molecule has 0 unspecified atom stereocenters. The van der Waals surface area contributed by atoms with Crippen molar-refractivity contribution in [1.29, 1.82) is 0 Å². The lowest BCUT2D eigenvalue weighted by atomic mass is 10.3. The highest BCUT2D eigenvalue weighted by Crippen LogP contribution is 2.16. The number of nitrogens with one attached hydrogen (secondary N) is 2. The van der Waals surface area contributed by atoms with Crippen molar-refractivity contribution in [3.8, 4) is 0 Å². The Labute approximate surface area is 159 Å². The van der Waals surface area contributed by atoms with E-state index in [1.54, 1.807) is 6.08 Å². The summed E-state index contributed by atoms with van der Waals surface area (Å²) in [4.78, 5) is 12.7. The minimum absolute atomic E-state index is 0.0747. The van der Waals surface area contributed by atoms with Crippen LogP contribution in [0, 0.1) is 0 Å². The fraction of sp³-hybridized carbons (Fsp3) is 0. The van der Waals surface area contributed by atoms with E-state index >= 15 is 0 Å². The van der Waals surface area contributed by atoms with Crippen molar-refractivity contribution >= 4 is 62.3 Å². The molecule has 1 heterocycles. The van der Waals surface area contributed by atoms with Crippen LogP contribution in [0.3, 0.4) is 0 Å². The topological polar surface area (TPSA) is 140 Å². The number of guanidine groups is 1. The van der Waals surface area contributed by atoms with E-state index in [1.807, 2.05) is 17.5 Å². The highest BCUT2D eigenvalue weighted by Gasteiger charge is 2.13. The Balaban J connectivity index is 1.95. The zero-order chi connectivity index (χ0) is 19.2. The largest absolute Gasteiger partial charge is 0.369 e. The van der Waals surface area contributed by atoms with Crippen LogP contribution in [0.5, 0.6) is 0 Å². The molecule has 2 rings (SSSR count). The molecule has 0 fully saturated rings. The van der Waals surface area contributed by atoms with Gasteiger partial charge >= 0.3 is 0 Å². The first-order chi connectivity index (χ1) is 12.3. The molecule has 136 valence electrons. The number of thiophene rings is 1. The van der Waals surface area contributed by atoms with Gasteiger partial charge in [-0.3, -0.25) is 10.1 Å². The Bertz CT molecular complexity index is 945. The minimum Gasteiger partial charge on any atom is -0.369 e. The number of carbonyl (C=O) groups is 1. The summed E-state index contributed by atoms with van der Waals surface area (Å²) in [5, 5.41) is 7.24. The van der Waals surface area contributed by atoms with Crippen molar-refractivity contribution in [3.63, 3.8) is 0 Å². The molecular weight excluding hydrogens is 394 g/mol. The van der Waals surface area contributed by atoms with Crippen LogP contribution < -0.4 is 22.1 Å². The summed E-state index contributed by atoms with van der Waals surface area (Å²) in [7, 11) is -3.95. The molecule has 0 radical (unpaired) electrons. The molecule has 1 aromatic heterocycles. The number of hydrogen-bond acceptors (Lipinski definition) is 5. The van der Waals surface area contributed by atoms with Gasteiger partial charge in [-0.1, -0.05) is 6.07 Å². The quantitative estimate of drug-likeness (QED) is 0.252. The van der Waals surface area contributed by atoms with Gasteiger partial charge in [0.05, 0.1) is 4.90 Å². The summed E-state index contributed by atoms with van der Waals surface area (Å²) in [5.41, 5.74) is 10.7. The average molecular weight is 410 g/mol. The summed E-state index contributed by atoms with van der Waals surface area (Å²) in [6.45, 7) is 0. The molecule has 2 aromatic rings. The Morgan fingerprint density at radius 3 is 2.46 bits per heavy atom. The maximum atomic E-state index is 11.8. The lowest BCUT2D eigenvalue weighted by Crippen LogP contribution is -2.32. The van der Waals surface area contributed by atoms with E-state index in [0.717, 1.165) is 4.88 Å². The molecule has 0 saturated heterocycles. The predicted octanol–water partition coefficient (Wildman–Crippen LogP) is 1.24. The van der Waals surface area contributed by atoms with E-state index in [1.165, 1.54) is 41.7 Å². The van der Waals surface area contributed by atoms with E-state index in [4.69, 9.17) is 23.7 Å². The Hall–Kier alpha value is -2.76. The summed E-state index contributed by atoms with van der Waals surface area (Å²) in [5.74, 6) is -0.936. The number of rotatable bonds is 5. The minimum atomic E-state index is -3.95. The van der Waals surface area contributed by atoms with Gasteiger partial charge in [0.2, 0.25) is 11.9 Å². The maximum Gasteiger partial charge on any atom is 0.285 e. The van der Waals surface area contributed by atoms with Gasteiger partial charge in [-0.15, -0.1) is 15.7 Å². The smallest absolute Gasteiger partial charge is 0.285 e. The number of benzene rings is 1. The first-order valence-electron chi connectivity index (χ1n) is 7.06. The first kappa shape index (κ1) is 19.6. The fourth-order valence-electron chi connectivity index (χ4n) is 1.76. The van der Waals surface area contributed by atoms with Gasteiger partial charge in [-0.05, 0) is 54.0 Å². The summed E-state index contributed by atoms with van der Waals surface area (Å²) in [6, 6.07) is 9.31. The molecule has 0 atom stereocenters. The summed E-state index contributed by atoms with van der Waals surface area (Å²) in [6.07, 6.45) is 3.04. The van der Waals surface area contributed by atoms with Gasteiger partial charge in [0, 0.05) is 16.6 Å². The van der Waals surface area contributed by atoms with E-state index in [2.05, 4.69) is 15.0 Å². The molecule has 0 aliphatic heterocycles. The highest BCUT2D eigenvalue weighted by molar-refractivity contribution is 7.90. The van der Waals surface area contributed by atoms with Crippen LogP contribution in [0.25, 0.3) is 6.08 Å². The molecule has 26 heavy (non-hydrogen) atoms. The third-order valence-corrected chi connectivity index (χ3v) is 5.18. The normalized spacial score (nSPS) is 11.1. The van der Waals surface area contributed by atoms with Crippen molar-refractivity contribution in [2.75, 3.05) is 5.32 Å². The van der Waals surface area contributed by atoms with Gasteiger partial charge in [-0.25, -0.2) is 0 Å². The summed E-state index contributed by atoms with van der Waals surface area (Å²) < 4.78 is 26.9. The number of nitrogens with zero attached hydrogens (tertiary/aromatic N) is 1. The lowest BCUT2D eigenvalue weighted by molar-refractivity contribution is -0.115. The molecule has 0 aliphatic carbocycles. The van der Waals surface area contributed by atoms with Crippen LogP contribution in [-0.4, -0.2) is 25.4 Å². The number of hydrogen-bond donors (Lipinski definition) is 4. The highest BCUT2D eigenvalue weighted by atomic mass is 32.2. The predicted molar refractivity (Wildman–Crippen MR) is 107 cm³/mol.